The Labute approximate surface area is 223 Å². The molecule has 0 spiro atoms. The van der Waals surface area contributed by atoms with E-state index in [4.69, 9.17) is 0 Å². The fourth-order valence-corrected chi connectivity index (χ4v) is 4.74. The van der Waals surface area contributed by atoms with E-state index in [0.717, 1.165) is 11.1 Å². The average Bonchev–Trinajstić information content (AvgIpc) is 3.50. The second kappa shape index (κ2) is 10.4. The summed E-state index contributed by atoms with van der Waals surface area (Å²) < 4.78 is 39.2. The van der Waals surface area contributed by atoms with Gasteiger partial charge in [-0.15, -0.1) is 0 Å². The third kappa shape index (κ3) is 6.47. The van der Waals surface area contributed by atoms with Crippen molar-refractivity contribution in [1.29, 1.82) is 0 Å². The number of carbonyl (C=O) groups is 2. The van der Waals surface area contributed by atoms with Crippen LogP contribution >= 0.6 is 0 Å². The van der Waals surface area contributed by atoms with Gasteiger partial charge in [-0.1, -0.05) is 30.3 Å². The monoisotopic (exact) mass is 541 g/mol. The van der Waals surface area contributed by atoms with E-state index < -0.39 is 30.0 Å². The minimum absolute atomic E-state index is 0.0684. The fraction of sp³-hybridized carbons (Fsp3) is 0.429. The SMILES string of the molecule is Cc1ccc(-n2nc3c(c2C(=O)NCC2(O)CC2)C(=O)NC(CCc2cccc(CCC(F)(F)F)c2)C3)nc1. The highest BCUT2D eigenvalue weighted by Gasteiger charge is 2.41. The smallest absolute Gasteiger partial charge is 0.388 e. The zero-order valence-electron chi connectivity index (χ0n) is 21.5. The third-order valence-corrected chi connectivity index (χ3v) is 7.16. The molecule has 206 valence electrons. The van der Waals surface area contributed by atoms with Gasteiger partial charge in [0.2, 0.25) is 0 Å². The number of amides is 2. The highest BCUT2D eigenvalue weighted by molar-refractivity contribution is 6.08. The number of fused-ring (bicyclic) bond motifs is 1. The number of aliphatic hydroxyl groups is 1. The minimum Gasteiger partial charge on any atom is -0.388 e. The normalized spacial score (nSPS) is 17.9. The Morgan fingerprint density at radius 3 is 2.62 bits per heavy atom. The summed E-state index contributed by atoms with van der Waals surface area (Å²) in [7, 11) is 0. The van der Waals surface area contributed by atoms with Crippen LogP contribution < -0.4 is 10.6 Å². The molecule has 5 rings (SSSR count). The molecule has 1 saturated carbocycles. The second-order valence-electron chi connectivity index (χ2n) is 10.5. The van der Waals surface area contributed by atoms with Gasteiger partial charge in [-0.3, -0.25) is 9.59 Å². The van der Waals surface area contributed by atoms with E-state index in [0.29, 0.717) is 49.2 Å². The van der Waals surface area contributed by atoms with Crippen molar-refractivity contribution < 1.29 is 27.9 Å². The summed E-state index contributed by atoms with van der Waals surface area (Å²) in [6.07, 6.45) is -0.780. The summed E-state index contributed by atoms with van der Waals surface area (Å²) >= 11 is 0. The molecule has 1 unspecified atom stereocenters. The highest BCUT2D eigenvalue weighted by atomic mass is 19.4. The van der Waals surface area contributed by atoms with Gasteiger partial charge in [0.25, 0.3) is 11.8 Å². The molecule has 8 nitrogen and oxygen atoms in total. The number of alkyl halides is 3. The Balaban J connectivity index is 1.34. The molecular formula is C28H30F3N5O3. The van der Waals surface area contributed by atoms with Crippen LogP contribution in [0.5, 0.6) is 0 Å². The molecule has 2 aromatic heterocycles. The van der Waals surface area contributed by atoms with Crippen molar-refractivity contribution in [3.8, 4) is 5.82 Å². The van der Waals surface area contributed by atoms with Crippen LogP contribution in [0.1, 0.15) is 68.9 Å². The van der Waals surface area contributed by atoms with Crippen molar-refractivity contribution in [3.05, 3.63) is 76.2 Å². The van der Waals surface area contributed by atoms with E-state index in [1.54, 1.807) is 30.5 Å². The van der Waals surface area contributed by atoms with Crippen molar-refractivity contribution in [3.63, 3.8) is 0 Å². The van der Waals surface area contributed by atoms with E-state index in [-0.39, 0.29) is 30.3 Å². The topological polar surface area (TPSA) is 109 Å². The molecule has 3 N–H and O–H groups in total. The molecular weight excluding hydrogens is 511 g/mol. The molecule has 1 aliphatic heterocycles. The van der Waals surface area contributed by atoms with Gasteiger partial charge in [-0.25, -0.2) is 9.67 Å². The fourth-order valence-electron chi connectivity index (χ4n) is 4.74. The Morgan fingerprint density at radius 2 is 1.95 bits per heavy atom. The molecule has 0 radical (unpaired) electrons. The number of aromatic nitrogens is 3. The number of pyridine rings is 1. The van der Waals surface area contributed by atoms with Crippen LogP contribution in [0.4, 0.5) is 13.2 Å². The first-order valence-corrected chi connectivity index (χ1v) is 13.0. The molecule has 39 heavy (non-hydrogen) atoms. The van der Waals surface area contributed by atoms with Crippen molar-refractivity contribution in [2.45, 2.75) is 69.7 Å². The summed E-state index contributed by atoms with van der Waals surface area (Å²) in [5, 5.41) is 20.5. The molecule has 3 aromatic rings. The molecule has 1 atom stereocenters. The first kappa shape index (κ1) is 26.9. The van der Waals surface area contributed by atoms with Gasteiger partial charge in [0, 0.05) is 31.6 Å². The minimum atomic E-state index is -4.20. The van der Waals surface area contributed by atoms with Gasteiger partial charge >= 0.3 is 6.18 Å². The molecule has 2 amide bonds. The maximum Gasteiger partial charge on any atom is 0.389 e. The van der Waals surface area contributed by atoms with Crippen LogP contribution in [0, 0.1) is 6.92 Å². The zero-order chi connectivity index (χ0) is 27.8. The molecule has 11 heteroatoms. The van der Waals surface area contributed by atoms with Crippen LogP contribution in [-0.4, -0.2) is 56.0 Å². The van der Waals surface area contributed by atoms with Gasteiger partial charge in [0.1, 0.15) is 5.69 Å². The number of benzene rings is 1. The summed E-state index contributed by atoms with van der Waals surface area (Å²) in [6.45, 7) is 1.97. The number of aryl methyl sites for hydroxylation is 3. The molecule has 1 aromatic carbocycles. The number of hydrogen-bond donors (Lipinski definition) is 3. The predicted molar refractivity (Wildman–Crippen MR) is 137 cm³/mol. The molecule has 1 aliphatic carbocycles. The highest BCUT2D eigenvalue weighted by Crippen LogP contribution is 2.34. The second-order valence-corrected chi connectivity index (χ2v) is 10.5. The lowest BCUT2D eigenvalue weighted by Gasteiger charge is -2.23. The number of nitrogens with zero attached hydrogens (tertiary/aromatic N) is 3. The maximum atomic E-state index is 13.3. The molecule has 1 fully saturated rings. The summed E-state index contributed by atoms with van der Waals surface area (Å²) in [4.78, 5) is 30.9. The van der Waals surface area contributed by atoms with Gasteiger partial charge in [-0.05, 0) is 61.8 Å². The van der Waals surface area contributed by atoms with E-state index in [9.17, 15) is 27.9 Å². The average molecular weight is 542 g/mol. The summed E-state index contributed by atoms with van der Waals surface area (Å²) in [5.74, 6) is -0.546. The molecule has 3 heterocycles. The van der Waals surface area contributed by atoms with Crippen LogP contribution in [0.15, 0.2) is 42.6 Å². The predicted octanol–water partition coefficient (Wildman–Crippen LogP) is 3.61. The Morgan fingerprint density at radius 1 is 1.21 bits per heavy atom. The van der Waals surface area contributed by atoms with Gasteiger partial charge in [-0.2, -0.15) is 18.3 Å². The number of nitrogens with one attached hydrogen (secondary N) is 2. The van der Waals surface area contributed by atoms with Crippen molar-refractivity contribution in [2.24, 2.45) is 0 Å². The first-order valence-electron chi connectivity index (χ1n) is 13.0. The molecule has 0 bridgehead atoms. The summed E-state index contributed by atoms with van der Waals surface area (Å²) in [5.41, 5.74) is 2.26. The van der Waals surface area contributed by atoms with Gasteiger partial charge in [0.05, 0.1) is 16.9 Å². The number of carbonyl (C=O) groups excluding carboxylic acids is 2. The van der Waals surface area contributed by atoms with Gasteiger partial charge in [0.15, 0.2) is 5.82 Å². The molecule has 2 aliphatic rings. The van der Waals surface area contributed by atoms with Gasteiger partial charge < -0.3 is 15.7 Å². The molecule has 0 saturated heterocycles. The van der Waals surface area contributed by atoms with E-state index in [2.05, 4.69) is 20.7 Å². The number of hydrogen-bond acceptors (Lipinski definition) is 5. The van der Waals surface area contributed by atoms with E-state index >= 15 is 0 Å². The van der Waals surface area contributed by atoms with E-state index in [1.165, 1.54) is 4.68 Å². The van der Waals surface area contributed by atoms with Crippen LogP contribution in [-0.2, 0) is 19.3 Å². The third-order valence-electron chi connectivity index (χ3n) is 7.16. The van der Waals surface area contributed by atoms with E-state index in [1.807, 2.05) is 19.1 Å². The van der Waals surface area contributed by atoms with Crippen molar-refractivity contribution in [1.82, 2.24) is 25.4 Å². The Hall–Kier alpha value is -3.73. The quantitative estimate of drug-likeness (QED) is 0.384. The lowest BCUT2D eigenvalue weighted by Crippen LogP contribution is -2.43. The van der Waals surface area contributed by atoms with Crippen LogP contribution in [0.25, 0.3) is 5.82 Å². The first-order chi connectivity index (χ1) is 18.5. The Bertz CT molecular complexity index is 1380. The van der Waals surface area contributed by atoms with Crippen molar-refractivity contribution in [2.75, 3.05) is 6.54 Å². The maximum absolute atomic E-state index is 13.3. The van der Waals surface area contributed by atoms with Crippen molar-refractivity contribution >= 4 is 11.8 Å². The largest absolute Gasteiger partial charge is 0.389 e. The standard InChI is InChI=1S/C28H30F3N5O3/c1-17-5-8-22(32-15-17)36-24(26(38)33-16-27(39)11-12-27)23-21(35-36)14-20(34-25(23)37)7-6-18-3-2-4-19(13-18)9-10-28(29,30)31/h2-5,8,13,15,20,39H,6-7,9-12,14,16H2,1H3,(H,33,38)(H,34,37). The lowest BCUT2D eigenvalue weighted by molar-refractivity contribution is -0.134. The number of rotatable bonds is 9. The lowest BCUT2D eigenvalue weighted by atomic mass is 9.94. The summed E-state index contributed by atoms with van der Waals surface area (Å²) in [6, 6.07) is 10.4. The Kier molecular flexibility index (Phi) is 7.19. The zero-order valence-corrected chi connectivity index (χ0v) is 21.5. The van der Waals surface area contributed by atoms with Crippen LogP contribution in [0.3, 0.4) is 0 Å². The van der Waals surface area contributed by atoms with Crippen LogP contribution in [0.2, 0.25) is 0 Å². The number of halogens is 3.